The molecule has 0 atom stereocenters. The highest BCUT2D eigenvalue weighted by Gasteiger charge is 2.32. The molecule has 1 aromatic heterocycles. The average molecular weight is 258 g/mol. The molecule has 19 heavy (non-hydrogen) atoms. The molecule has 1 aromatic carbocycles. The van der Waals surface area contributed by atoms with Gasteiger partial charge in [0.15, 0.2) is 0 Å². The van der Waals surface area contributed by atoms with Gasteiger partial charge in [-0.05, 0) is 30.5 Å². The fraction of sp³-hybridized carbons (Fsp3) is 0.500. The molecular formula is C16H22N2O. The second kappa shape index (κ2) is 5.35. The van der Waals surface area contributed by atoms with E-state index in [1.807, 2.05) is 0 Å². The molecule has 1 fully saturated rings. The number of aromatic nitrogens is 1. The summed E-state index contributed by atoms with van der Waals surface area (Å²) >= 11 is 0. The number of hydrogen-bond donors (Lipinski definition) is 1. The van der Waals surface area contributed by atoms with E-state index in [1.165, 1.54) is 10.9 Å². The Kier molecular flexibility index (Phi) is 3.58. The van der Waals surface area contributed by atoms with Crippen LogP contribution in [-0.2, 0) is 11.3 Å². The number of aryl methyl sites for hydroxylation is 1. The zero-order valence-electron chi connectivity index (χ0n) is 11.6. The van der Waals surface area contributed by atoms with Crippen molar-refractivity contribution >= 4 is 10.9 Å². The maximum absolute atomic E-state index is 5.26. The number of benzene rings is 1. The third-order valence-electron chi connectivity index (χ3n) is 3.89. The summed E-state index contributed by atoms with van der Waals surface area (Å²) < 4.78 is 7.60. The van der Waals surface area contributed by atoms with Crippen LogP contribution in [0.25, 0.3) is 10.9 Å². The van der Waals surface area contributed by atoms with Gasteiger partial charge >= 0.3 is 0 Å². The van der Waals surface area contributed by atoms with Gasteiger partial charge < -0.3 is 14.6 Å². The molecule has 1 N–H and O–H groups in total. The Balaban J connectivity index is 1.45. The molecule has 1 aliphatic heterocycles. The molecule has 3 rings (SSSR count). The van der Waals surface area contributed by atoms with Crippen molar-refractivity contribution in [2.45, 2.75) is 19.9 Å². The van der Waals surface area contributed by atoms with Crippen LogP contribution >= 0.6 is 0 Å². The van der Waals surface area contributed by atoms with Crippen molar-refractivity contribution in [2.24, 2.45) is 5.41 Å². The summed E-state index contributed by atoms with van der Waals surface area (Å²) in [4.78, 5) is 0. The highest BCUT2D eigenvalue weighted by Crippen LogP contribution is 2.24. The van der Waals surface area contributed by atoms with E-state index in [0.717, 1.165) is 39.3 Å². The van der Waals surface area contributed by atoms with E-state index in [1.54, 1.807) is 0 Å². The van der Waals surface area contributed by atoms with E-state index in [-0.39, 0.29) is 0 Å². The van der Waals surface area contributed by atoms with Gasteiger partial charge in [-0.25, -0.2) is 0 Å². The molecule has 2 heterocycles. The van der Waals surface area contributed by atoms with Gasteiger partial charge in [0.2, 0.25) is 0 Å². The van der Waals surface area contributed by atoms with E-state index >= 15 is 0 Å². The van der Waals surface area contributed by atoms with Crippen molar-refractivity contribution in [3.05, 3.63) is 36.5 Å². The van der Waals surface area contributed by atoms with Crippen LogP contribution in [0.1, 0.15) is 13.3 Å². The second-order valence-electron chi connectivity index (χ2n) is 5.90. The van der Waals surface area contributed by atoms with Gasteiger partial charge in [0.25, 0.3) is 0 Å². The number of nitrogens with one attached hydrogen (secondary N) is 1. The summed E-state index contributed by atoms with van der Waals surface area (Å²) in [7, 11) is 0. The van der Waals surface area contributed by atoms with Gasteiger partial charge in [-0.3, -0.25) is 0 Å². The molecule has 2 aromatic rings. The first kappa shape index (κ1) is 12.7. The van der Waals surface area contributed by atoms with Gasteiger partial charge in [-0.2, -0.15) is 0 Å². The van der Waals surface area contributed by atoms with Crippen LogP contribution in [0.4, 0.5) is 0 Å². The summed E-state index contributed by atoms with van der Waals surface area (Å²) in [6, 6.07) is 10.7. The molecule has 3 heteroatoms. The molecule has 0 amide bonds. The predicted molar refractivity (Wildman–Crippen MR) is 78.4 cm³/mol. The second-order valence-corrected chi connectivity index (χ2v) is 5.90. The molecule has 0 radical (unpaired) electrons. The smallest absolute Gasteiger partial charge is 0.0554 e. The van der Waals surface area contributed by atoms with Gasteiger partial charge in [-0.1, -0.05) is 25.1 Å². The third kappa shape index (κ3) is 2.82. The Bertz CT molecular complexity index is 542. The van der Waals surface area contributed by atoms with Crippen LogP contribution in [0.5, 0.6) is 0 Å². The standard InChI is InChI=1S/C16H22N2O/c1-16(12-19-13-16)11-17-8-4-9-18-10-7-14-5-2-3-6-15(14)18/h2-3,5-7,10,17H,4,8-9,11-13H2,1H3. The fourth-order valence-corrected chi connectivity index (χ4v) is 2.65. The quantitative estimate of drug-likeness (QED) is 0.806. The summed E-state index contributed by atoms with van der Waals surface area (Å²) in [5, 5.41) is 4.87. The third-order valence-corrected chi connectivity index (χ3v) is 3.89. The van der Waals surface area contributed by atoms with E-state index in [2.05, 4.69) is 53.3 Å². The van der Waals surface area contributed by atoms with Crippen LogP contribution in [-0.4, -0.2) is 30.9 Å². The minimum absolute atomic E-state index is 0.375. The van der Waals surface area contributed by atoms with Crippen molar-refractivity contribution in [1.82, 2.24) is 9.88 Å². The highest BCUT2D eigenvalue weighted by molar-refractivity contribution is 5.79. The fourth-order valence-electron chi connectivity index (χ4n) is 2.65. The largest absolute Gasteiger partial charge is 0.380 e. The summed E-state index contributed by atoms with van der Waals surface area (Å²) in [5.74, 6) is 0. The average Bonchev–Trinajstić information content (AvgIpc) is 2.80. The number of nitrogens with zero attached hydrogens (tertiary/aromatic N) is 1. The molecule has 0 spiro atoms. The minimum atomic E-state index is 0.375. The van der Waals surface area contributed by atoms with Gasteiger partial charge in [0, 0.05) is 30.2 Å². The summed E-state index contributed by atoms with van der Waals surface area (Å²) in [5.41, 5.74) is 1.71. The predicted octanol–water partition coefficient (Wildman–Crippen LogP) is 2.66. The number of para-hydroxylation sites is 1. The zero-order valence-corrected chi connectivity index (χ0v) is 11.6. The number of rotatable bonds is 6. The first-order chi connectivity index (χ1) is 9.27. The van der Waals surface area contributed by atoms with Gasteiger partial charge in [0.1, 0.15) is 0 Å². The molecule has 3 nitrogen and oxygen atoms in total. The summed E-state index contributed by atoms with van der Waals surface area (Å²) in [6.07, 6.45) is 3.35. The lowest BCUT2D eigenvalue weighted by Gasteiger charge is -2.38. The number of ether oxygens (including phenoxy) is 1. The molecule has 0 unspecified atom stereocenters. The van der Waals surface area contributed by atoms with Gasteiger partial charge in [0.05, 0.1) is 13.2 Å². The Morgan fingerprint density at radius 3 is 2.89 bits per heavy atom. The van der Waals surface area contributed by atoms with E-state index in [0.29, 0.717) is 5.41 Å². The highest BCUT2D eigenvalue weighted by atomic mass is 16.5. The van der Waals surface area contributed by atoms with Crippen LogP contribution in [0.2, 0.25) is 0 Å². The Hall–Kier alpha value is -1.32. The van der Waals surface area contributed by atoms with Crippen molar-refractivity contribution < 1.29 is 4.74 Å². The van der Waals surface area contributed by atoms with E-state index < -0.39 is 0 Å². The molecule has 102 valence electrons. The van der Waals surface area contributed by atoms with Crippen molar-refractivity contribution in [2.75, 3.05) is 26.3 Å². The molecule has 0 saturated carbocycles. The molecule has 1 saturated heterocycles. The molecular weight excluding hydrogens is 236 g/mol. The van der Waals surface area contributed by atoms with Crippen molar-refractivity contribution in [3.63, 3.8) is 0 Å². The van der Waals surface area contributed by atoms with Crippen LogP contribution < -0.4 is 5.32 Å². The van der Waals surface area contributed by atoms with Crippen LogP contribution in [0.3, 0.4) is 0 Å². The zero-order chi connectivity index (χ0) is 13.1. The SMILES string of the molecule is CC1(CNCCCn2ccc3ccccc32)COC1. The Morgan fingerprint density at radius 1 is 1.26 bits per heavy atom. The van der Waals surface area contributed by atoms with Gasteiger partial charge in [-0.15, -0.1) is 0 Å². The van der Waals surface area contributed by atoms with Crippen molar-refractivity contribution in [1.29, 1.82) is 0 Å². The van der Waals surface area contributed by atoms with E-state index in [9.17, 15) is 0 Å². The first-order valence-corrected chi connectivity index (χ1v) is 7.09. The number of fused-ring (bicyclic) bond motifs is 1. The molecule has 0 aliphatic carbocycles. The van der Waals surface area contributed by atoms with E-state index in [4.69, 9.17) is 4.74 Å². The van der Waals surface area contributed by atoms with Crippen molar-refractivity contribution in [3.8, 4) is 0 Å². The molecule has 1 aliphatic rings. The first-order valence-electron chi connectivity index (χ1n) is 7.09. The van der Waals surface area contributed by atoms with Crippen LogP contribution in [0, 0.1) is 5.41 Å². The Morgan fingerprint density at radius 2 is 2.11 bits per heavy atom. The topological polar surface area (TPSA) is 26.2 Å². The maximum atomic E-state index is 5.26. The lowest BCUT2D eigenvalue weighted by atomic mass is 9.89. The number of hydrogen-bond acceptors (Lipinski definition) is 2. The molecule has 0 bridgehead atoms. The monoisotopic (exact) mass is 258 g/mol. The Labute approximate surface area is 114 Å². The lowest BCUT2D eigenvalue weighted by molar-refractivity contribution is -0.0989. The maximum Gasteiger partial charge on any atom is 0.0554 e. The normalized spacial score (nSPS) is 17.5. The lowest BCUT2D eigenvalue weighted by Crippen LogP contribution is -2.47. The minimum Gasteiger partial charge on any atom is -0.380 e. The summed E-state index contributed by atoms with van der Waals surface area (Å²) in [6.45, 7) is 7.31. The van der Waals surface area contributed by atoms with Crippen LogP contribution in [0.15, 0.2) is 36.5 Å².